The van der Waals surface area contributed by atoms with Gasteiger partial charge in [0.2, 0.25) is 11.8 Å². The van der Waals surface area contributed by atoms with Crippen LogP contribution in [0.25, 0.3) is 0 Å². The minimum atomic E-state index is -1.10. The second kappa shape index (κ2) is 11.6. The number of carboxylic acids is 1. The van der Waals surface area contributed by atoms with Crippen molar-refractivity contribution in [2.24, 2.45) is 11.7 Å². The number of hydrogen-bond acceptors (Lipinski definition) is 6. The summed E-state index contributed by atoms with van der Waals surface area (Å²) in [6.45, 7) is 3.58. The third-order valence-corrected chi connectivity index (χ3v) is 4.57. The smallest absolute Gasteiger partial charge is 0.326 e. The Morgan fingerprint density at radius 2 is 1.87 bits per heavy atom. The van der Waals surface area contributed by atoms with E-state index >= 15 is 0 Å². The van der Waals surface area contributed by atoms with Gasteiger partial charge in [-0.25, -0.2) is 4.79 Å². The van der Waals surface area contributed by atoms with Crippen LogP contribution in [0.5, 0.6) is 0 Å². The van der Waals surface area contributed by atoms with E-state index in [2.05, 4.69) is 23.3 Å². The fraction of sp³-hybridized carbons (Fsp3) is 0.786. The van der Waals surface area contributed by atoms with Gasteiger partial charge in [0.15, 0.2) is 0 Å². The SMILES string of the molecule is CC[C@H](C)[C@H](NC(=O)[C@H](CS)NC(=O)[C@@H](N)CCSC)C(=O)O. The van der Waals surface area contributed by atoms with E-state index in [1.54, 1.807) is 18.7 Å². The predicted octanol–water partition coefficient (Wildman–Crippen LogP) is 0.0969. The summed E-state index contributed by atoms with van der Waals surface area (Å²) in [6.07, 6.45) is 3.02. The molecule has 23 heavy (non-hydrogen) atoms. The Morgan fingerprint density at radius 3 is 2.30 bits per heavy atom. The summed E-state index contributed by atoms with van der Waals surface area (Å²) in [6, 6.07) is -2.63. The molecule has 2 amide bonds. The maximum Gasteiger partial charge on any atom is 0.326 e. The minimum Gasteiger partial charge on any atom is -0.480 e. The number of rotatable bonds is 11. The highest BCUT2D eigenvalue weighted by Crippen LogP contribution is 2.08. The van der Waals surface area contributed by atoms with E-state index in [1.807, 2.05) is 13.2 Å². The number of amides is 2. The molecule has 9 heteroatoms. The second-order valence-corrected chi connectivity index (χ2v) is 6.69. The third kappa shape index (κ3) is 7.94. The maximum absolute atomic E-state index is 12.2. The van der Waals surface area contributed by atoms with Crippen molar-refractivity contribution in [1.29, 1.82) is 0 Å². The summed E-state index contributed by atoms with van der Waals surface area (Å²) >= 11 is 5.63. The number of carbonyl (C=O) groups is 3. The van der Waals surface area contributed by atoms with E-state index < -0.39 is 35.9 Å². The van der Waals surface area contributed by atoms with E-state index in [9.17, 15) is 19.5 Å². The molecular weight excluding hydrogens is 338 g/mol. The molecule has 4 atom stereocenters. The minimum absolute atomic E-state index is 0.0552. The lowest BCUT2D eigenvalue weighted by atomic mass is 9.99. The van der Waals surface area contributed by atoms with Gasteiger partial charge in [-0.1, -0.05) is 20.3 Å². The van der Waals surface area contributed by atoms with Gasteiger partial charge in [-0.3, -0.25) is 9.59 Å². The summed E-state index contributed by atoms with van der Waals surface area (Å²) in [5.74, 6) is -1.55. The zero-order valence-electron chi connectivity index (χ0n) is 13.7. The van der Waals surface area contributed by atoms with Gasteiger partial charge in [0.05, 0.1) is 6.04 Å². The van der Waals surface area contributed by atoms with Crippen LogP contribution in [0, 0.1) is 5.92 Å². The van der Waals surface area contributed by atoms with Gasteiger partial charge in [0.1, 0.15) is 12.1 Å². The molecule has 0 heterocycles. The van der Waals surface area contributed by atoms with Crippen LogP contribution in [0.15, 0.2) is 0 Å². The van der Waals surface area contributed by atoms with Gasteiger partial charge in [0.25, 0.3) is 0 Å². The highest BCUT2D eigenvalue weighted by atomic mass is 32.2. The van der Waals surface area contributed by atoms with Crippen molar-refractivity contribution in [3.8, 4) is 0 Å². The number of carbonyl (C=O) groups excluding carboxylic acids is 2. The molecule has 0 saturated heterocycles. The molecule has 0 aromatic heterocycles. The Morgan fingerprint density at radius 1 is 1.26 bits per heavy atom. The monoisotopic (exact) mass is 365 g/mol. The molecule has 0 aliphatic carbocycles. The topological polar surface area (TPSA) is 122 Å². The van der Waals surface area contributed by atoms with Crippen LogP contribution >= 0.6 is 24.4 Å². The van der Waals surface area contributed by atoms with E-state index in [0.717, 1.165) is 5.75 Å². The second-order valence-electron chi connectivity index (χ2n) is 5.34. The first-order valence-electron chi connectivity index (χ1n) is 7.47. The van der Waals surface area contributed by atoms with Crippen molar-refractivity contribution in [1.82, 2.24) is 10.6 Å². The average Bonchev–Trinajstić information content (AvgIpc) is 2.53. The molecule has 0 aliphatic heterocycles. The van der Waals surface area contributed by atoms with Crippen LogP contribution in [-0.4, -0.2) is 58.8 Å². The van der Waals surface area contributed by atoms with Gasteiger partial charge < -0.3 is 21.5 Å². The first-order valence-corrected chi connectivity index (χ1v) is 9.49. The van der Waals surface area contributed by atoms with Crippen molar-refractivity contribution >= 4 is 42.2 Å². The number of aliphatic carboxylic acids is 1. The highest BCUT2D eigenvalue weighted by molar-refractivity contribution is 7.98. The Hall–Kier alpha value is -0.930. The number of thiol groups is 1. The Labute approximate surface area is 146 Å². The molecule has 5 N–H and O–H groups in total. The maximum atomic E-state index is 12.2. The summed E-state index contributed by atoms with van der Waals surface area (Å²) < 4.78 is 0. The molecule has 0 aromatic carbocycles. The quantitative estimate of drug-likeness (QED) is 0.331. The summed E-state index contributed by atoms with van der Waals surface area (Å²) in [4.78, 5) is 35.4. The zero-order valence-corrected chi connectivity index (χ0v) is 15.5. The van der Waals surface area contributed by atoms with Crippen LogP contribution in [0.1, 0.15) is 26.7 Å². The molecule has 0 bridgehead atoms. The normalized spacial score (nSPS) is 16.0. The summed E-state index contributed by atoms with van der Waals surface area (Å²) in [5.41, 5.74) is 5.75. The molecule has 0 radical (unpaired) electrons. The lowest BCUT2D eigenvalue weighted by Crippen LogP contribution is -2.56. The molecular formula is C14H27N3O4S2. The summed E-state index contributed by atoms with van der Waals surface area (Å²) in [7, 11) is 0. The molecule has 7 nitrogen and oxygen atoms in total. The lowest BCUT2D eigenvalue weighted by Gasteiger charge is -2.24. The van der Waals surface area contributed by atoms with Crippen LogP contribution < -0.4 is 16.4 Å². The van der Waals surface area contributed by atoms with Crippen molar-refractivity contribution in [2.75, 3.05) is 17.8 Å². The standard InChI is InChI=1S/C14H27N3O4S2/c1-4-8(2)11(14(20)21)17-13(19)10(7-22)16-12(18)9(15)5-6-23-3/h8-11,22H,4-7,15H2,1-3H3,(H,16,18)(H,17,19)(H,20,21)/t8-,9-,10-,11-/m0/s1. The van der Waals surface area contributed by atoms with Crippen molar-refractivity contribution < 1.29 is 19.5 Å². The molecule has 134 valence electrons. The number of nitrogens with two attached hydrogens (primary N) is 1. The molecule has 0 aliphatic rings. The molecule has 0 aromatic rings. The molecule has 0 spiro atoms. The fourth-order valence-electron chi connectivity index (χ4n) is 1.79. The number of nitrogens with one attached hydrogen (secondary N) is 2. The number of hydrogen-bond donors (Lipinski definition) is 5. The number of carboxylic acid groups (broad SMARTS) is 1. The van der Waals surface area contributed by atoms with Crippen LogP contribution in [0.2, 0.25) is 0 Å². The summed E-state index contributed by atoms with van der Waals surface area (Å²) in [5, 5.41) is 14.2. The van der Waals surface area contributed by atoms with Crippen molar-refractivity contribution in [3.05, 3.63) is 0 Å². The fourth-order valence-corrected chi connectivity index (χ4v) is 2.53. The third-order valence-electron chi connectivity index (χ3n) is 3.56. The van der Waals surface area contributed by atoms with Gasteiger partial charge in [0, 0.05) is 5.75 Å². The average molecular weight is 366 g/mol. The van der Waals surface area contributed by atoms with Gasteiger partial charge in [-0.2, -0.15) is 24.4 Å². The molecule has 0 unspecified atom stereocenters. The zero-order chi connectivity index (χ0) is 18.0. The van der Waals surface area contributed by atoms with Crippen molar-refractivity contribution in [3.63, 3.8) is 0 Å². The van der Waals surface area contributed by atoms with Crippen LogP contribution in [0.4, 0.5) is 0 Å². The van der Waals surface area contributed by atoms with Gasteiger partial charge in [-0.05, 0) is 24.3 Å². The van der Waals surface area contributed by atoms with Crippen LogP contribution in [0.3, 0.4) is 0 Å². The largest absolute Gasteiger partial charge is 0.480 e. The van der Waals surface area contributed by atoms with E-state index in [4.69, 9.17) is 5.73 Å². The Balaban J connectivity index is 4.73. The first kappa shape index (κ1) is 22.1. The molecule has 0 rings (SSSR count). The predicted molar refractivity (Wildman–Crippen MR) is 95.8 cm³/mol. The van der Waals surface area contributed by atoms with E-state index in [-0.39, 0.29) is 11.7 Å². The Kier molecular flexibility index (Phi) is 11.1. The number of thioether (sulfide) groups is 1. The Bertz CT molecular complexity index is 409. The van der Waals surface area contributed by atoms with Gasteiger partial charge >= 0.3 is 5.97 Å². The lowest BCUT2D eigenvalue weighted by molar-refractivity contribution is -0.143. The van der Waals surface area contributed by atoms with E-state index in [0.29, 0.717) is 12.8 Å². The van der Waals surface area contributed by atoms with Crippen LogP contribution in [-0.2, 0) is 14.4 Å². The van der Waals surface area contributed by atoms with Gasteiger partial charge in [-0.15, -0.1) is 0 Å². The first-order chi connectivity index (χ1) is 10.8. The highest BCUT2D eigenvalue weighted by Gasteiger charge is 2.29. The molecule has 0 saturated carbocycles. The van der Waals surface area contributed by atoms with Crippen molar-refractivity contribution in [2.45, 2.75) is 44.8 Å². The van der Waals surface area contributed by atoms with E-state index in [1.165, 1.54) is 0 Å². The molecule has 0 fully saturated rings.